The van der Waals surface area contributed by atoms with Crippen LogP contribution in [0.25, 0.3) is 0 Å². The molecule has 4 nitrogen and oxygen atoms in total. The molecular formula is C6H14N2O2S. The van der Waals surface area contributed by atoms with E-state index < -0.39 is 10.0 Å². The van der Waals surface area contributed by atoms with Crippen LogP contribution >= 0.6 is 0 Å². The number of sulfonamides is 1. The first-order valence-corrected chi connectivity index (χ1v) is 5.40. The van der Waals surface area contributed by atoms with E-state index in [2.05, 4.69) is 0 Å². The quantitative estimate of drug-likeness (QED) is 0.612. The van der Waals surface area contributed by atoms with Crippen molar-refractivity contribution in [1.82, 2.24) is 4.31 Å². The smallest absolute Gasteiger partial charge is 0.213 e. The van der Waals surface area contributed by atoms with E-state index in [9.17, 15) is 8.42 Å². The monoisotopic (exact) mass is 178 g/mol. The summed E-state index contributed by atoms with van der Waals surface area (Å²) in [6, 6.07) is 0.0383. The maximum Gasteiger partial charge on any atom is 0.213 e. The van der Waals surface area contributed by atoms with Gasteiger partial charge in [0, 0.05) is 19.1 Å². The Labute approximate surface area is 67.4 Å². The molecule has 1 unspecified atom stereocenters. The summed E-state index contributed by atoms with van der Waals surface area (Å²) in [4.78, 5) is 0. The van der Waals surface area contributed by atoms with Crippen molar-refractivity contribution in [2.75, 3.05) is 18.8 Å². The maximum absolute atomic E-state index is 11.2. The van der Waals surface area contributed by atoms with E-state index in [-0.39, 0.29) is 11.8 Å². The molecule has 0 spiro atoms. The first kappa shape index (κ1) is 8.96. The van der Waals surface area contributed by atoms with E-state index in [1.807, 2.05) is 0 Å². The Morgan fingerprint density at radius 1 is 1.64 bits per heavy atom. The zero-order valence-electron chi connectivity index (χ0n) is 6.66. The minimum atomic E-state index is -2.98. The molecule has 0 saturated carbocycles. The average Bonchev–Trinajstić information content (AvgIpc) is 2.36. The van der Waals surface area contributed by atoms with Gasteiger partial charge in [0.05, 0.1) is 5.75 Å². The summed E-state index contributed by atoms with van der Waals surface area (Å²) < 4.78 is 23.9. The molecule has 66 valence electrons. The Bertz CT molecular complexity index is 225. The van der Waals surface area contributed by atoms with Crippen LogP contribution in [-0.2, 0) is 10.0 Å². The second-order valence-electron chi connectivity index (χ2n) is 2.81. The number of nitrogens with zero attached hydrogens (tertiary/aromatic N) is 1. The van der Waals surface area contributed by atoms with Gasteiger partial charge in [0.15, 0.2) is 0 Å². The standard InChI is InChI=1S/C6H14N2O2S/c1-2-11(9,10)8-4-3-6(7)5-8/h6H,2-5,7H2,1H3. The third-order valence-electron chi connectivity index (χ3n) is 1.95. The van der Waals surface area contributed by atoms with Gasteiger partial charge in [-0.15, -0.1) is 0 Å². The molecule has 0 aromatic rings. The Morgan fingerprint density at radius 2 is 2.27 bits per heavy atom. The highest BCUT2D eigenvalue weighted by atomic mass is 32.2. The second kappa shape index (κ2) is 3.08. The lowest BCUT2D eigenvalue weighted by molar-refractivity contribution is 0.473. The van der Waals surface area contributed by atoms with Crippen LogP contribution in [0.15, 0.2) is 0 Å². The molecule has 1 atom stereocenters. The fourth-order valence-corrected chi connectivity index (χ4v) is 2.36. The summed E-state index contributed by atoms with van der Waals surface area (Å²) >= 11 is 0. The van der Waals surface area contributed by atoms with Crippen molar-refractivity contribution in [3.8, 4) is 0 Å². The van der Waals surface area contributed by atoms with Crippen molar-refractivity contribution >= 4 is 10.0 Å². The van der Waals surface area contributed by atoms with Crippen LogP contribution in [0.3, 0.4) is 0 Å². The molecular weight excluding hydrogens is 164 g/mol. The number of nitrogens with two attached hydrogens (primary N) is 1. The van der Waals surface area contributed by atoms with Crippen LogP contribution in [0, 0.1) is 0 Å². The fourth-order valence-electron chi connectivity index (χ4n) is 1.19. The van der Waals surface area contributed by atoms with Crippen LogP contribution in [0.5, 0.6) is 0 Å². The lowest BCUT2D eigenvalue weighted by Gasteiger charge is -2.13. The Balaban J connectivity index is 2.64. The predicted molar refractivity (Wildman–Crippen MR) is 43.6 cm³/mol. The number of rotatable bonds is 2. The third kappa shape index (κ3) is 1.91. The lowest BCUT2D eigenvalue weighted by Crippen LogP contribution is -2.32. The van der Waals surface area contributed by atoms with Crippen molar-refractivity contribution < 1.29 is 8.42 Å². The minimum Gasteiger partial charge on any atom is -0.326 e. The van der Waals surface area contributed by atoms with Crippen LogP contribution in [0.4, 0.5) is 0 Å². The van der Waals surface area contributed by atoms with Gasteiger partial charge in [-0.25, -0.2) is 12.7 Å². The first-order chi connectivity index (χ1) is 5.06. The van der Waals surface area contributed by atoms with Gasteiger partial charge in [-0.1, -0.05) is 0 Å². The van der Waals surface area contributed by atoms with Crippen LogP contribution in [0.1, 0.15) is 13.3 Å². The predicted octanol–water partition coefficient (Wildman–Crippen LogP) is -0.631. The zero-order valence-corrected chi connectivity index (χ0v) is 7.47. The highest BCUT2D eigenvalue weighted by molar-refractivity contribution is 7.89. The van der Waals surface area contributed by atoms with Gasteiger partial charge in [-0.05, 0) is 13.3 Å². The Hall–Kier alpha value is -0.130. The summed E-state index contributed by atoms with van der Waals surface area (Å²) in [5.41, 5.74) is 5.57. The van der Waals surface area contributed by atoms with Gasteiger partial charge in [-0.2, -0.15) is 0 Å². The molecule has 0 aliphatic carbocycles. The fraction of sp³-hybridized carbons (Fsp3) is 1.00. The summed E-state index contributed by atoms with van der Waals surface area (Å²) in [6.45, 7) is 2.74. The minimum absolute atomic E-state index is 0.0383. The molecule has 1 fully saturated rings. The highest BCUT2D eigenvalue weighted by Crippen LogP contribution is 2.11. The van der Waals surface area contributed by atoms with E-state index in [4.69, 9.17) is 5.73 Å². The van der Waals surface area contributed by atoms with Crippen LogP contribution in [0.2, 0.25) is 0 Å². The zero-order chi connectivity index (χ0) is 8.48. The normalized spacial score (nSPS) is 27.6. The van der Waals surface area contributed by atoms with E-state index in [0.717, 1.165) is 6.42 Å². The second-order valence-corrected chi connectivity index (χ2v) is 5.06. The summed E-state index contributed by atoms with van der Waals surface area (Å²) in [7, 11) is -2.98. The van der Waals surface area contributed by atoms with Gasteiger partial charge < -0.3 is 5.73 Å². The molecule has 1 heterocycles. The van der Waals surface area contributed by atoms with Gasteiger partial charge in [-0.3, -0.25) is 0 Å². The van der Waals surface area contributed by atoms with Crippen molar-refractivity contribution in [3.05, 3.63) is 0 Å². The van der Waals surface area contributed by atoms with E-state index in [0.29, 0.717) is 13.1 Å². The molecule has 0 amide bonds. The van der Waals surface area contributed by atoms with Crippen LogP contribution < -0.4 is 5.73 Å². The number of hydrogen-bond donors (Lipinski definition) is 1. The highest BCUT2D eigenvalue weighted by Gasteiger charge is 2.27. The largest absolute Gasteiger partial charge is 0.326 e. The molecule has 0 radical (unpaired) electrons. The Morgan fingerprint density at radius 3 is 2.64 bits per heavy atom. The lowest BCUT2D eigenvalue weighted by atomic mass is 10.3. The van der Waals surface area contributed by atoms with Crippen LogP contribution in [-0.4, -0.2) is 37.6 Å². The Kier molecular flexibility index (Phi) is 2.51. The molecule has 11 heavy (non-hydrogen) atoms. The molecule has 1 rings (SSSR count). The first-order valence-electron chi connectivity index (χ1n) is 3.79. The summed E-state index contributed by atoms with van der Waals surface area (Å²) in [5, 5.41) is 0. The maximum atomic E-state index is 11.2. The number of hydrogen-bond acceptors (Lipinski definition) is 3. The molecule has 0 aromatic heterocycles. The van der Waals surface area contributed by atoms with Gasteiger partial charge in [0.2, 0.25) is 10.0 Å². The third-order valence-corrected chi connectivity index (χ3v) is 3.79. The van der Waals surface area contributed by atoms with Crippen molar-refractivity contribution in [2.45, 2.75) is 19.4 Å². The van der Waals surface area contributed by atoms with E-state index in [1.54, 1.807) is 6.92 Å². The van der Waals surface area contributed by atoms with Crippen molar-refractivity contribution in [2.24, 2.45) is 5.73 Å². The summed E-state index contributed by atoms with van der Waals surface area (Å²) in [5.74, 6) is 0.180. The van der Waals surface area contributed by atoms with Crippen molar-refractivity contribution in [3.63, 3.8) is 0 Å². The molecule has 1 saturated heterocycles. The van der Waals surface area contributed by atoms with E-state index in [1.165, 1.54) is 4.31 Å². The molecule has 0 aromatic carbocycles. The molecule has 1 aliphatic heterocycles. The topological polar surface area (TPSA) is 63.4 Å². The molecule has 1 aliphatic rings. The van der Waals surface area contributed by atoms with Crippen molar-refractivity contribution in [1.29, 1.82) is 0 Å². The average molecular weight is 178 g/mol. The van der Waals surface area contributed by atoms with Gasteiger partial charge >= 0.3 is 0 Å². The SMILES string of the molecule is CCS(=O)(=O)N1CCC(N)C1. The summed E-state index contributed by atoms with van der Waals surface area (Å²) in [6.07, 6.45) is 0.791. The van der Waals surface area contributed by atoms with Gasteiger partial charge in [0.1, 0.15) is 0 Å². The van der Waals surface area contributed by atoms with E-state index >= 15 is 0 Å². The molecule has 5 heteroatoms. The molecule has 2 N–H and O–H groups in total. The molecule has 0 bridgehead atoms. The van der Waals surface area contributed by atoms with Gasteiger partial charge in [0.25, 0.3) is 0 Å².